The number of aromatic nitrogens is 4. The van der Waals surface area contributed by atoms with Crippen LogP contribution in [0.4, 0.5) is 0 Å². The molecule has 0 aliphatic heterocycles. The molecule has 0 saturated heterocycles. The maximum atomic E-state index is 11.8. The third kappa shape index (κ3) is 2.84. The van der Waals surface area contributed by atoms with Crippen molar-refractivity contribution >= 4 is 11.8 Å². The van der Waals surface area contributed by atoms with Gasteiger partial charge in [-0.2, -0.15) is 5.21 Å². The summed E-state index contributed by atoms with van der Waals surface area (Å²) in [5.74, 6) is -0.881. The number of aromatic carboxylic acids is 1. The van der Waals surface area contributed by atoms with Crippen LogP contribution in [0.15, 0.2) is 42.5 Å². The van der Waals surface area contributed by atoms with Gasteiger partial charge in [-0.05, 0) is 41.5 Å². The van der Waals surface area contributed by atoms with Gasteiger partial charge in [0.15, 0.2) is 5.78 Å². The molecule has 0 amide bonds. The number of H-pyrrole nitrogens is 1. The molecule has 0 spiro atoms. The lowest BCUT2D eigenvalue weighted by Gasteiger charge is -2.09. The molecule has 2 aromatic carbocycles. The molecule has 0 unspecified atom stereocenters. The molecular weight excluding hydrogens is 296 g/mol. The fraction of sp³-hybridized carbons (Fsp3) is 0.0625. The van der Waals surface area contributed by atoms with E-state index in [1.54, 1.807) is 30.3 Å². The van der Waals surface area contributed by atoms with Crippen LogP contribution >= 0.6 is 0 Å². The van der Waals surface area contributed by atoms with Crippen molar-refractivity contribution in [3.05, 3.63) is 53.6 Å². The van der Waals surface area contributed by atoms with Gasteiger partial charge in [0.05, 0.1) is 5.56 Å². The molecule has 3 aromatic rings. The summed E-state index contributed by atoms with van der Waals surface area (Å²) in [5.41, 5.74) is 2.38. The van der Waals surface area contributed by atoms with Gasteiger partial charge in [-0.25, -0.2) is 4.79 Å². The third-order valence-electron chi connectivity index (χ3n) is 3.40. The first-order chi connectivity index (χ1) is 11.1. The van der Waals surface area contributed by atoms with Crippen molar-refractivity contribution in [2.75, 3.05) is 0 Å². The predicted octanol–water partition coefficient (Wildman–Crippen LogP) is 2.43. The highest BCUT2D eigenvalue weighted by molar-refractivity contribution is 6.01. The Morgan fingerprint density at radius 1 is 1.09 bits per heavy atom. The number of hydrogen-bond acceptors (Lipinski definition) is 5. The Balaban J connectivity index is 2.24. The number of nitrogens with zero attached hydrogens (tertiary/aromatic N) is 3. The number of aromatic amines is 1. The minimum absolute atomic E-state index is 0.0839. The standard InChI is InChI=1S/C16H12N4O3/c1-9(21)13-4-2-3-5-14(13)10-6-11(15-17-19-20-18-15)8-12(7-10)16(22)23/h2-8H,1H3,(H,22,23)(H,17,18,19,20). The van der Waals surface area contributed by atoms with E-state index in [0.29, 0.717) is 22.3 Å². The molecule has 0 bridgehead atoms. The van der Waals surface area contributed by atoms with Gasteiger partial charge in [-0.1, -0.05) is 24.3 Å². The Morgan fingerprint density at radius 2 is 1.83 bits per heavy atom. The monoisotopic (exact) mass is 308 g/mol. The Labute approximate surface area is 131 Å². The third-order valence-corrected chi connectivity index (χ3v) is 3.40. The Bertz CT molecular complexity index is 888. The number of carboxylic acids is 1. The van der Waals surface area contributed by atoms with Crippen LogP contribution in [0.2, 0.25) is 0 Å². The van der Waals surface area contributed by atoms with Gasteiger partial charge < -0.3 is 5.11 Å². The minimum Gasteiger partial charge on any atom is -0.478 e. The van der Waals surface area contributed by atoms with Gasteiger partial charge in [-0.15, -0.1) is 10.2 Å². The molecular formula is C16H12N4O3. The summed E-state index contributed by atoms with van der Waals surface area (Å²) in [6.07, 6.45) is 0. The van der Waals surface area contributed by atoms with Crippen molar-refractivity contribution in [2.24, 2.45) is 0 Å². The molecule has 0 saturated carbocycles. The van der Waals surface area contributed by atoms with E-state index in [1.807, 2.05) is 0 Å². The van der Waals surface area contributed by atoms with Gasteiger partial charge in [0, 0.05) is 11.1 Å². The lowest BCUT2D eigenvalue weighted by Crippen LogP contribution is -2.00. The highest BCUT2D eigenvalue weighted by Gasteiger charge is 2.15. The van der Waals surface area contributed by atoms with E-state index in [0.717, 1.165) is 0 Å². The van der Waals surface area contributed by atoms with Crippen molar-refractivity contribution in [3.63, 3.8) is 0 Å². The van der Waals surface area contributed by atoms with Gasteiger partial charge in [0.2, 0.25) is 5.82 Å². The van der Waals surface area contributed by atoms with Crippen molar-refractivity contribution in [1.29, 1.82) is 0 Å². The molecule has 0 aliphatic carbocycles. The topological polar surface area (TPSA) is 109 Å². The highest BCUT2D eigenvalue weighted by Crippen LogP contribution is 2.29. The van der Waals surface area contributed by atoms with Crippen molar-refractivity contribution in [2.45, 2.75) is 6.92 Å². The van der Waals surface area contributed by atoms with Crippen LogP contribution in [-0.2, 0) is 0 Å². The fourth-order valence-corrected chi connectivity index (χ4v) is 2.36. The predicted molar refractivity (Wildman–Crippen MR) is 82.0 cm³/mol. The molecule has 3 rings (SSSR count). The molecule has 0 fully saturated rings. The van der Waals surface area contributed by atoms with E-state index in [9.17, 15) is 14.7 Å². The van der Waals surface area contributed by atoms with E-state index < -0.39 is 5.97 Å². The largest absolute Gasteiger partial charge is 0.478 e. The number of Topliss-reactive ketones (excluding diaryl/α,β-unsaturated/α-hetero) is 1. The second-order valence-electron chi connectivity index (χ2n) is 4.94. The Morgan fingerprint density at radius 3 is 2.48 bits per heavy atom. The van der Waals surface area contributed by atoms with E-state index in [-0.39, 0.29) is 17.2 Å². The average Bonchev–Trinajstić information content (AvgIpc) is 3.09. The summed E-state index contributed by atoms with van der Waals surface area (Å²) in [7, 11) is 0. The van der Waals surface area contributed by atoms with Crippen LogP contribution in [0.25, 0.3) is 22.5 Å². The first-order valence-corrected chi connectivity index (χ1v) is 6.79. The van der Waals surface area contributed by atoms with E-state index in [4.69, 9.17) is 0 Å². The number of tetrazole rings is 1. The molecule has 1 heterocycles. The van der Waals surface area contributed by atoms with Crippen molar-refractivity contribution in [3.8, 4) is 22.5 Å². The number of carbonyl (C=O) groups excluding carboxylic acids is 1. The van der Waals surface area contributed by atoms with Crippen LogP contribution in [0.3, 0.4) is 0 Å². The molecule has 23 heavy (non-hydrogen) atoms. The molecule has 2 N–H and O–H groups in total. The maximum absolute atomic E-state index is 11.8. The quantitative estimate of drug-likeness (QED) is 0.716. The lowest BCUT2D eigenvalue weighted by atomic mass is 9.94. The molecule has 0 aliphatic rings. The SMILES string of the molecule is CC(=O)c1ccccc1-c1cc(C(=O)O)cc(-c2nn[nH]n2)c1. The number of nitrogens with one attached hydrogen (secondary N) is 1. The van der Waals surface area contributed by atoms with Crippen LogP contribution in [0.1, 0.15) is 27.6 Å². The van der Waals surface area contributed by atoms with E-state index in [2.05, 4.69) is 20.6 Å². The highest BCUT2D eigenvalue weighted by atomic mass is 16.4. The molecule has 7 heteroatoms. The first kappa shape index (κ1) is 14.6. The molecule has 7 nitrogen and oxygen atoms in total. The fourth-order valence-electron chi connectivity index (χ4n) is 2.36. The van der Waals surface area contributed by atoms with Gasteiger partial charge in [-0.3, -0.25) is 4.79 Å². The Hall–Kier alpha value is -3.35. The van der Waals surface area contributed by atoms with Gasteiger partial charge in [0.1, 0.15) is 0 Å². The van der Waals surface area contributed by atoms with Gasteiger partial charge in [0.25, 0.3) is 0 Å². The van der Waals surface area contributed by atoms with Crippen LogP contribution in [-0.4, -0.2) is 37.5 Å². The second-order valence-corrected chi connectivity index (χ2v) is 4.94. The number of benzene rings is 2. The minimum atomic E-state index is -1.07. The molecule has 0 radical (unpaired) electrons. The Kier molecular flexibility index (Phi) is 3.68. The average molecular weight is 308 g/mol. The van der Waals surface area contributed by atoms with Crippen molar-refractivity contribution < 1.29 is 14.7 Å². The molecule has 114 valence electrons. The van der Waals surface area contributed by atoms with Crippen LogP contribution in [0.5, 0.6) is 0 Å². The summed E-state index contributed by atoms with van der Waals surface area (Å²) in [6, 6.07) is 11.8. The number of ketones is 1. The number of carbonyl (C=O) groups is 2. The van der Waals surface area contributed by atoms with Crippen LogP contribution in [0, 0.1) is 0 Å². The normalized spacial score (nSPS) is 10.5. The zero-order chi connectivity index (χ0) is 16.4. The zero-order valence-electron chi connectivity index (χ0n) is 12.1. The second kappa shape index (κ2) is 5.80. The number of hydrogen-bond donors (Lipinski definition) is 2. The summed E-state index contributed by atoms with van der Waals surface area (Å²) in [6.45, 7) is 1.47. The lowest BCUT2D eigenvalue weighted by molar-refractivity contribution is 0.0696. The zero-order valence-corrected chi connectivity index (χ0v) is 12.1. The first-order valence-electron chi connectivity index (χ1n) is 6.79. The maximum Gasteiger partial charge on any atom is 0.335 e. The van der Waals surface area contributed by atoms with Gasteiger partial charge >= 0.3 is 5.97 Å². The van der Waals surface area contributed by atoms with E-state index >= 15 is 0 Å². The summed E-state index contributed by atoms with van der Waals surface area (Å²) < 4.78 is 0. The molecule has 0 atom stereocenters. The van der Waals surface area contributed by atoms with E-state index in [1.165, 1.54) is 19.1 Å². The summed E-state index contributed by atoms with van der Waals surface area (Å²) in [5, 5.41) is 22.9. The number of rotatable bonds is 4. The number of carboxylic acid groups (broad SMARTS) is 1. The summed E-state index contributed by atoms with van der Waals surface area (Å²) >= 11 is 0. The summed E-state index contributed by atoms with van der Waals surface area (Å²) in [4.78, 5) is 23.2. The van der Waals surface area contributed by atoms with Crippen molar-refractivity contribution in [1.82, 2.24) is 20.6 Å². The smallest absolute Gasteiger partial charge is 0.335 e. The molecule has 1 aromatic heterocycles. The van der Waals surface area contributed by atoms with Crippen LogP contribution < -0.4 is 0 Å².